The van der Waals surface area contributed by atoms with Gasteiger partial charge in [0.05, 0.1) is 24.8 Å². The van der Waals surface area contributed by atoms with Crippen LogP contribution in [0.2, 0.25) is 19.6 Å². The number of hydrogen-bond donors (Lipinski definition) is 0. The fourth-order valence-electron chi connectivity index (χ4n) is 10.2. The molecule has 266 valence electrons. The third kappa shape index (κ3) is 4.16. The second-order valence-electron chi connectivity index (χ2n) is 16.9. The van der Waals surface area contributed by atoms with Crippen molar-refractivity contribution in [2.24, 2.45) is 0 Å². The predicted molar refractivity (Wildman–Crippen MR) is 227 cm³/mol. The molecule has 0 bridgehead atoms. The van der Waals surface area contributed by atoms with Crippen molar-refractivity contribution in [3.05, 3.63) is 167 Å². The van der Waals surface area contributed by atoms with Gasteiger partial charge in [-0.2, -0.15) is 4.57 Å². The average molecular weight is 730 g/mol. The minimum atomic E-state index is -1.76. The van der Waals surface area contributed by atoms with Crippen LogP contribution in [0.1, 0.15) is 33.4 Å². The number of hydrogen-bond acceptors (Lipinski definition) is 1. The van der Waals surface area contributed by atoms with Crippen LogP contribution in [0.3, 0.4) is 0 Å². The number of para-hydroxylation sites is 3. The Labute approximate surface area is 322 Å². The van der Waals surface area contributed by atoms with E-state index in [1.54, 1.807) is 0 Å². The molecule has 5 heteroatoms. The Morgan fingerprint density at radius 3 is 2.15 bits per heavy atom. The molecule has 2 aliphatic rings. The van der Waals surface area contributed by atoms with Crippen LogP contribution < -0.4 is 14.3 Å². The van der Waals surface area contributed by atoms with Crippen molar-refractivity contribution in [1.82, 2.24) is 4.57 Å². The van der Waals surface area contributed by atoms with Gasteiger partial charge in [0.25, 0.3) is 0 Å². The number of fused-ring (bicyclic) bond motifs is 16. The Bertz CT molecular complexity index is 3100. The van der Waals surface area contributed by atoms with E-state index in [2.05, 4.69) is 195 Å². The van der Waals surface area contributed by atoms with E-state index in [-0.39, 0.29) is 0 Å². The summed E-state index contributed by atoms with van der Waals surface area (Å²) in [6, 6.07) is 47.2. The van der Waals surface area contributed by atoms with Crippen molar-refractivity contribution in [1.29, 1.82) is 0 Å². The van der Waals surface area contributed by atoms with Gasteiger partial charge in [-0.15, -0.1) is 9.13 Å². The molecule has 3 aromatic heterocycles. The highest BCUT2D eigenvalue weighted by molar-refractivity contribution is 6.88. The molecule has 9 aromatic rings. The van der Waals surface area contributed by atoms with Gasteiger partial charge in [0, 0.05) is 22.0 Å². The Balaban J connectivity index is 1.37. The van der Waals surface area contributed by atoms with Crippen LogP contribution in [-0.4, -0.2) is 12.6 Å². The van der Waals surface area contributed by atoms with Crippen molar-refractivity contribution in [2.75, 3.05) is 0 Å². The molecule has 1 spiro atoms. The van der Waals surface area contributed by atoms with Gasteiger partial charge in [-0.1, -0.05) is 91.9 Å². The van der Waals surface area contributed by atoms with Crippen LogP contribution >= 0.6 is 0 Å². The van der Waals surface area contributed by atoms with Crippen LogP contribution in [0.5, 0.6) is 0 Å². The van der Waals surface area contributed by atoms with Crippen LogP contribution in [0.25, 0.3) is 72.4 Å². The van der Waals surface area contributed by atoms with E-state index >= 15 is 0 Å². The van der Waals surface area contributed by atoms with E-state index in [0.717, 1.165) is 33.3 Å². The molecule has 0 radical (unpaired) electrons. The first kappa shape index (κ1) is 32.4. The number of pyridine rings is 1. The van der Waals surface area contributed by atoms with Gasteiger partial charge in [0.1, 0.15) is 16.8 Å². The van der Waals surface area contributed by atoms with Gasteiger partial charge in [-0.05, 0) is 110 Å². The van der Waals surface area contributed by atoms with E-state index in [1.807, 2.05) is 0 Å². The fraction of sp³-hybridized carbons (Fsp3) is 0.160. The molecule has 0 saturated heterocycles. The highest BCUT2D eigenvalue weighted by Crippen LogP contribution is 2.53. The summed E-state index contributed by atoms with van der Waals surface area (Å²) >= 11 is 0. The van der Waals surface area contributed by atoms with Crippen molar-refractivity contribution < 1.29 is 13.6 Å². The number of nitrogens with zero attached hydrogens (tertiary/aromatic N) is 3. The van der Waals surface area contributed by atoms with Gasteiger partial charge < -0.3 is 4.42 Å². The molecular weight excluding hydrogens is 687 g/mol. The van der Waals surface area contributed by atoms with Gasteiger partial charge in [0.15, 0.2) is 22.8 Å². The maximum atomic E-state index is 7.05. The summed E-state index contributed by atoms with van der Waals surface area (Å²) in [5.41, 5.74) is 18.5. The molecule has 4 nitrogen and oxygen atoms in total. The zero-order valence-electron chi connectivity index (χ0n) is 32.5. The van der Waals surface area contributed by atoms with Crippen molar-refractivity contribution in [3.8, 4) is 39.5 Å². The fourth-order valence-corrected chi connectivity index (χ4v) is 12.0. The van der Waals surface area contributed by atoms with Crippen molar-refractivity contribution >= 4 is 46.2 Å². The molecule has 0 fully saturated rings. The lowest BCUT2D eigenvalue weighted by molar-refractivity contribution is -0.944. The molecule has 1 unspecified atom stereocenters. The molecule has 11 rings (SSSR count). The van der Waals surface area contributed by atoms with E-state index in [0.29, 0.717) is 0 Å². The normalized spacial score (nSPS) is 15.6. The third-order valence-electron chi connectivity index (χ3n) is 12.4. The number of imidazole rings is 1. The maximum absolute atomic E-state index is 7.05. The summed E-state index contributed by atoms with van der Waals surface area (Å²) in [5.74, 6) is 1.14. The van der Waals surface area contributed by atoms with E-state index in [9.17, 15) is 0 Å². The molecule has 0 aliphatic carbocycles. The molecule has 2 aliphatic heterocycles. The number of benzene rings is 6. The predicted octanol–water partition coefficient (Wildman–Crippen LogP) is 10.8. The lowest BCUT2D eigenvalue weighted by Crippen LogP contribution is -2.72. The largest absolute Gasteiger partial charge is 0.455 e. The Hall–Kier alpha value is -6.04. The van der Waals surface area contributed by atoms with Crippen LogP contribution in [0, 0.1) is 27.7 Å². The van der Waals surface area contributed by atoms with Crippen LogP contribution in [-0.2, 0) is 5.66 Å². The minimum absolute atomic E-state index is 0.701. The zero-order chi connectivity index (χ0) is 37.5. The van der Waals surface area contributed by atoms with Gasteiger partial charge in [0.2, 0.25) is 5.69 Å². The van der Waals surface area contributed by atoms with Gasteiger partial charge in [-0.3, -0.25) is 0 Å². The van der Waals surface area contributed by atoms with Crippen LogP contribution in [0.4, 0.5) is 0 Å². The number of aromatic nitrogens is 3. The summed E-state index contributed by atoms with van der Waals surface area (Å²) in [5, 5.41) is 3.76. The first-order valence-electron chi connectivity index (χ1n) is 19.4. The molecule has 55 heavy (non-hydrogen) atoms. The highest BCUT2D eigenvalue weighted by Gasteiger charge is 2.67. The maximum Gasteiger partial charge on any atom is 0.364 e. The standard InChI is InChI=1S/C50H43N3OSi/c1-30-21-22-38-40(25-30)50(51-29-45(55(5,6)7)31(2)28-43(38)51)39-24-23-37-36-17-11-14-20-44(36)54-48(37)46(39)49-52(41-18-12-13-19-42(41)53(49)50)47-32(3)26-35(27-33(47)4)34-15-9-8-10-16-34/h8-29H,1-7H3/q+2. The third-order valence-corrected chi connectivity index (χ3v) is 14.5. The SMILES string of the molecule is Cc1ccc2c(c1)C1(c3ccc4c(oc5ccccc54)c3-c3n(-c4c(C)cc(-c5ccccc5)cc4C)c4ccccc4[n+]31)[n+]1cc([Si](C)(C)C)c(C)cc1-2. The summed E-state index contributed by atoms with van der Waals surface area (Å²) in [6.45, 7) is 16.5. The zero-order valence-corrected chi connectivity index (χ0v) is 33.5. The number of furan rings is 1. The Kier molecular flexibility index (Phi) is 6.49. The lowest BCUT2D eigenvalue weighted by atomic mass is 9.88. The first-order valence-corrected chi connectivity index (χ1v) is 22.9. The second-order valence-corrected chi connectivity index (χ2v) is 21.9. The topological polar surface area (TPSA) is 25.8 Å². The lowest BCUT2D eigenvalue weighted by Gasteiger charge is -2.23. The highest BCUT2D eigenvalue weighted by atomic mass is 28.3. The number of rotatable bonds is 3. The second kappa shape index (κ2) is 11.0. The number of aryl methyl sites for hydroxylation is 4. The average Bonchev–Trinajstić information content (AvgIpc) is 3.87. The van der Waals surface area contributed by atoms with Crippen LogP contribution in [0.15, 0.2) is 138 Å². The molecule has 0 N–H and O–H groups in total. The van der Waals surface area contributed by atoms with E-state index in [4.69, 9.17) is 4.42 Å². The minimum Gasteiger partial charge on any atom is -0.455 e. The summed E-state index contributed by atoms with van der Waals surface area (Å²) in [7, 11) is -1.76. The molecule has 5 heterocycles. The molecule has 6 aromatic carbocycles. The summed E-state index contributed by atoms with van der Waals surface area (Å²) in [4.78, 5) is 0. The first-order chi connectivity index (χ1) is 26.6. The van der Waals surface area contributed by atoms with E-state index < -0.39 is 13.7 Å². The van der Waals surface area contributed by atoms with Crippen molar-refractivity contribution in [3.63, 3.8) is 0 Å². The Morgan fingerprint density at radius 2 is 1.36 bits per heavy atom. The quantitative estimate of drug-likeness (QED) is 0.131. The molecule has 0 amide bonds. The summed E-state index contributed by atoms with van der Waals surface area (Å²) in [6.07, 6.45) is 2.53. The Morgan fingerprint density at radius 1 is 0.636 bits per heavy atom. The molecule has 1 atom stereocenters. The van der Waals surface area contributed by atoms with Crippen molar-refractivity contribution in [2.45, 2.75) is 53.0 Å². The van der Waals surface area contributed by atoms with Gasteiger partial charge >= 0.3 is 11.5 Å². The molecular formula is C50H43N3OSi+2. The monoisotopic (exact) mass is 729 g/mol. The molecule has 0 saturated carbocycles. The smallest absolute Gasteiger partial charge is 0.364 e. The van der Waals surface area contributed by atoms with Gasteiger partial charge in [-0.25, -0.2) is 0 Å². The summed E-state index contributed by atoms with van der Waals surface area (Å²) < 4.78 is 14.9. The van der Waals surface area contributed by atoms with E-state index in [1.165, 1.54) is 77.7 Å².